The zero-order valence-electron chi connectivity index (χ0n) is 8.62. The summed E-state index contributed by atoms with van der Waals surface area (Å²) in [5.74, 6) is -5.27. The van der Waals surface area contributed by atoms with Gasteiger partial charge < -0.3 is 26.4 Å². The maximum Gasteiger partial charge on any atom is 0.326 e. The molecule has 9 heteroatoms. The van der Waals surface area contributed by atoms with Crippen LogP contribution in [0.4, 0.5) is 0 Å². The minimum Gasteiger partial charge on any atom is -0.481 e. The van der Waals surface area contributed by atoms with Crippen LogP contribution in [0.2, 0.25) is 0 Å². The standard InChI is InChI=1S/C8H12N2O7/c9-3(7(14)15)1-5(11)10-4(8(16)17)2-6(12)13/h3-4H,1-2,9H2,(H,10,11)(H,12,13)(H,14,15)(H,16,17)/t3-,4-/m1/s1. The molecule has 0 aromatic rings. The molecule has 0 saturated heterocycles. The summed E-state index contributed by atoms with van der Waals surface area (Å²) >= 11 is 0. The molecule has 2 atom stereocenters. The molecule has 9 nitrogen and oxygen atoms in total. The minimum atomic E-state index is -1.61. The number of nitrogens with one attached hydrogen (secondary N) is 1. The summed E-state index contributed by atoms with van der Waals surface area (Å²) in [5, 5.41) is 27.2. The van der Waals surface area contributed by atoms with Crippen LogP contribution in [0.25, 0.3) is 0 Å². The highest BCUT2D eigenvalue weighted by molar-refractivity contribution is 5.89. The Morgan fingerprint density at radius 3 is 1.88 bits per heavy atom. The predicted molar refractivity (Wildman–Crippen MR) is 52.0 cm³/mol. The first-order chi connectivity index (χ1) is 7.73. The van der Waals surface area contributed by atoms with Crippen LogP contribution >= 0.6 is 0 Å². The number of hydrogen-bond donors (Lipinski definition) is 5. The van der Waals surface area contributed by atoms with Gasteiger partial charge in [0.25, 0.3) is 0 Å². The van der Waals surface area contributed by atoms with Crippen molar-refractivity contribution in [2.45, 2.75) is 24.9 Å². The number of nitrogens with two attached hydrogens (primary N) is 1. The summed E-state index contributed by atoms with van der Waals surface area (Å²) in [6.45, 7) is 0. The van der Waals surface area contributed by atoms with Crippen LogP contribution in [0.5, 0.6) is 0 Å². The van der Waals surface area contributed by atoms with Crippen LogP contribution < -0.4 is 11.1 Å². The highest BCUT2D eigenvalue weighted by Gasteiger charge is 2.25. The molecule has 6 N–H and O–H groups in total. The average molecular weight is 248 g/mol. The van der Waals surface area contributed by atoms with Gasteiger partial charge in [0.15, 0.2) is 0 Å². The third-order valence-electron chi connectivity index (χ3n) is 1.73. The number of carbonyl (C=O) groups is 4. The van der Waals surface area contributed by atoms with Gasteiger partial charge in [-0.25, -0.2) is 4.79 Å². The summed E-state index contributed by atoms with van der Waals surface area (Å²) in [7, 11) is 0. The van der Waals surface area contributed by atoms with E-state index in [-0.39, 0.29) is 0 Å². The van der Waals surface area contributed by atoms with E-state index in [9.17, 15) is 19.2 Å². The van der Waals surface area contributed by atoms with Crippen molar-refractivity contribution >= 4 is 23.8 Å². The van der Waals surface area contributed by atoms with E-state index in [2.05, 4.69) is 0 Å². The lowest BCUT2D eigenvalue weighted by Crippen LogP contribution is -2.45. The van der Waals surface area contributed by atoms with Crippen LogP contribution in [-0.2, 0) is 19.2 Å². The zero-order chi connectivity index (χ0) is 13.6. The van der Waals surface area contributed by atoms with Gasteiger partial charge in [-0.3, -0.25) is 14.4 Å². The normalized spacial score (nSPS) is 13.5. The Bertz CT molecular complexity index is 341. The topological polar surface area (TPSA) is 167 Å². The first-order valence-corrected chi connectivity index (χ1v) is 4.46. The van der Waals surface area contributed by atoms with Crippen molar-refractivity contribution in [3.63, 3.8) is 0 Å². The van der Waals surface area contributed by atoms with Crippen molar-refractivity contribution in [3.8, 4) is 0 Å². The lowest BCUT2D eigenvalue weighted by atomic mass is 10.1. The van der Waals surface area contributed by atoms with Gasteiger partial charge in [-0.2, -0.15) is 0 Å². The van der Waals surface area contributed by atoms with Crippen LogP contribution in [0.15, 0.2) is 0 Å². The highest BCUT2D eigenvalue weighted by atomic mass is 16.4. The van der Waals surface area contributed by atoms with E-state index in [4.69, 9.17) is 21.1 Å². The van der Waals surface area contributed by atoms with Crippen molar-refractivity contribution < 1.29 is 34.5 Å². The van der Waals surface area contributed by atoms with Gasteiger partial charge in [-0.15, -0.1) is 0 Å². The molecule has 0 aliphatic carbocycles. The average Bonchev–Trinajstić information content (AvgIpc) is 2.15. The molecule has 0 heterocycles. The second kappa shape index (κ2) is 6.43. The van der Waals surface area contributed by atoms with Crippen LogP contribution in [0, 0.1) is 0 Å². The largest absolute Gasteiger partial charge is 0.481 e. The molecule has 0 aliphatic rings. The van der Waals surface area contributed by atoms with Crippen molar-refractivity contribution in [1.29, 1.82) is 0 Å². The monoisotopic (exact) mass is 248 g/mol. The second-order valence-electron chi connectivity index (χ2n) is 3.21. The number of aliphatic carboxylic acids is 3. The fourth-order valence-corrected chi connectivity index (χ4v) is 0.915. The fraction of sp³-hybridized carbons (Fsp3) is 0.500. The molecular formula is C8H12N2O7. The maximum absolute atomic E-state index is 11.1. The molecular weight excluding hydrogens is 236 g/mol. The number of amides is 1. The summed E-state index contributed by atoms with van der Waals surface area (Å²) < 4.78 is 0. The molecule has 0 aliphatic heterocycles. The first-order valence-electron chi connectivity index (χ1n) is 4.46. The summed E-state index contributed by atoms with van der Waals surface area (Å²) in [6.07, 6.45) is -1.43. The van der Waals surface area contributed by atoms with E-state index in [1.807, 2.05) is 5.32 Å². The van der Waals surface area contributed by atoms with Gasteiger partial charge in [0.2, 0.25) is 5.91 Å². The number of carbonyl (C=O) groups excluding carboxylic acids is 1. The number of carboxylic acid groups (broad SMARTS) is 3. The molecule has 0 spiro atoms. The van der Waals surface area contributed by atoms with Gasteiger partial charge in [0.05, 0.1) is 12.8 Å². The summed E-state index contributed by atoms with van der Waals surface area (Å²) in [5.41, 5.74) is 5.05. The smallest absolute Gasteiger partial charge is 0.326 e. The van der Waals surface area contributed by atoms with Gasteiger partial charge in [-0.1, -0.05) is 0 Å². The van der Waals surface area contributed by atoms with Crippen molar-refractivity contribution in [3.05, 3.63) is 0 Å². The van der Waals surface area contributed by atoms with E-state index in [0.717, 1.165) is 0 Å². The molecule has 0 bridgehead atoms. The molecule has 1 amide bonds. The summed E-state index contributed by atoms with van der Waals surface area (Å²) in [4.78, 5) is 42.3. The molecule has 0 saturated carbocycles. The lowest BCUT2D eigenvalue weighted by Gasteiger charge is -2.13. The third-order valence-corrected chi connectivity index (χ3v) is 1.73. The first kappa shape index (κ1) is 14.8. The van der Waals surface area contributed by atoms with Gasteiger partial charge in [0.1, 0.15) is 12.1 Å². The molecule has 0 aromatic heterocycles. The van der Waals surface area contributed by atoms with Crippen LogP contribution in [-0.4, -0.2) is 51.2 Å². The molecule has 0 unspecified atom stereocenters. The van der Waals surface area contributed by atoms with Crippen molar-refractivity contribution in [2.24, 2.45) is 5.73 Å². The zero-order valence-corrected chi connectivity index (χ0v) is 8.62. The minimum absolute atomic E-state index is 0.626. The Morgan fingerprint density at radius 1 is 1.00 bits per heavy atom. The number of carboxylic acids is 3. The number of hydrogen-bond acceptors (Lipinski definition) is 5. The Balaban J connectivity index is 4.36. The van der Waals surface area contributed by atoms with Gasteiger partial charge in [-0.05, 0) is 0 Å². The van der Waals surface area contributed by atoms with E-state index >= 15 is 0 Å². The highest BCUT2D eigenvalue weighted by Crippen LogP contribution is 1.96. The van der Waals surface area contributed by atoms with Crippen molar-refractivity contribution in [2.75, 3.05) is 0 Å². The molecule has 0 rings (SSSR count). The Labute approximate surface area is 95.2 Å². The summed E-state index contributed by atoms with van der Waals surface area (Å²) in [6, 6.07) is -3.07. The lowest BCUT2D eigenvalue weighted by molar-refractivity contribution is -0.147. The number of rotatable bonds is 7. The molecule has 0 radical (unpaired) electrons. The van der Waals surface area contributed by atoms with E-state index < -0.39 is 48.7 Å². The van der Waals surface area contributed by atoms with Gasteiger partial charge >= 0.3 is 17.9 Å². The molecule has 96 valence electrons. The Morgan fingerprint density at radius 2 is 1.53 bits per heavy atom. The van der Waals surface area contributed by atoms with Crippen LogP contribution in [0.1, 0.15) is 12.8 Å². The quantitative estimate of drug-likeness (QED) is 0.339. The molecule has 17 heavy (non-hydrogen) atoms. The van der Waals surface area contributed by atoms with Crippen molar-refractivity contribution in [1.82, 2.24) is 5.32 Å². The fourth-order valence-electron chi connectivity index (χ4n) is 0.915. The molecule has 0 fully saturated rings. The van der Waals surface area contributed by atoms with E-state index in [0.29, 0.717) is 0 Å². The van der Waals surface area contributed by atoms with E-state index in [1.54, 1.807) is 0 Å². The SMILES string of the molecule is N[C@H](CC(=O)N[C@H](CC(=O)O)C(=O)O)C(=O)O. The maximum atomic E-state index is 11.1. The van der Waals surface area contributed by atoms with Crippen LogP contribution in [0.3, 0.4) is 0 Å². The van der Waals surface area contributed by atoms with Gasteiger partial charge in [0, 0.05) is 0 Å². The predicted octanol–water partition coefficient (Wildman–Crippen LogP) is -2.17. The Kier molecular flexibility index (Phi) is 5.61. The third kappa shape index (κ3) is 6.10. The second-order valence-corrected chi connectivity index (χ2v) is 3.21. The Hall–Kier alpha value is -2.16. The molecule has 0 aromatic carbocycles. The van der Waals surface area contributed by atoms with E-state index in [1.165, 1.54) is 0 Å².